The first-order valence-corrected chi connectivity index (χ1v) is 5.76. The molecule has 1 heterocycles. The van der Waals surface area contributed by atoms with E-state index in [0.29, 0.717) is 16.4 Å². The fourth-order valence-corrected chi connectivity index (χ4v) is 1.69. The van der Waals surface area contributed by atoms with E-state index in [1.165, 1.54) is 10.9 Å². The van der Waals surface area contributed by atoms with Gasteiger partial charge in [0.05, 0.1) is 11.2 Å². The molecule has 0 saturated carbocycles. The third kappa shape index (κ3) is 3.01. The highest BCUT2D eigenvalue weighted by Crippen LogP contribution is 2.18. The molecule has 0 unspecified atom stereocenters. The fourth-order valence-electron chi connectivity index (χ4n) is 1.54. The van der Waals surface area contributed by atoms with Crippen molar-refractivity contribution < 1.29 is 4.79 Å². The van der Waals surface area contributed by atoms with Gasteiger partial charge in [-0.05, 0) is 24.6 Å². The molecule has 3 N–H and O–H groups in total. The summed E-state index contributed by atoms with van der Waals surface area (Å²) >= 11 is 5.72. The number of hydrogen-bond acceptors (Lipinski definition) is 3. The van der Waals surface area contributed by atoms with Gasteiger partial charge >= 0.3 is 0 Å². The molecular formula is C12H13ClN4O. The van der Waals surface area contributed by atoms with Crippen LogP contribution in [-0.4, -0.2) is 15.7 Å². The van der Waals surface area contributed by atoms with Gasteiger partial charge in [0.15, 0.2) is 0 Å². The molecule has 0 aliphatic carbocycles. The largest absolute Gasteiger partial charge is 0.399 e. The molecule has 1 amide bonds. The number of hydrogen-bond donors (Lipinski definition) is 2. The minimum atomic E-state index is -0.177. The van der Waals surface area contributed by atoms with E-state index in [1.807, 2.05) is 13.0 Å². The molecule has 0 atom stereocenters. The van der Waals surface area contributed by atoms with Gasteiger partial charge in [-0.25, -0.2) is 0 Å². The summed E-state index contributed by atoms with van der Waals surface area (Å²) in [4.78, 5) is 11.8. The van der Waals surface area contributed by atoms with E-state index in [4.69, 9.17) is 17.3 Å². The number of benzene rings is 1. The first-order valence-electron chi connectivity index (χ1n) is 5.38. The van der Waals surface area contributed by atoms with Gasteiger partial charge in [0.1, 0.15) is 6.54 Å². The molecule has 1 aromatic carbocycles. The van der Waals surface area contributed by atoms with Crippen molar-refractivity contribution >= 4 is 28.9 Å². The zero-order chi connectivity index (χ0) is 13.1. The predicted molar refractivity (Wildman–Crippen MR) is 71.5 cm³/mol. The van der Waals surface area contributed by atoms with Crippen molar-refractivity contribution in [1.29, 1.82) is 0 Å². The number of nitrogens with one attached hydrogen (secondary N) is 1. The zero-order valence-electron chi connectivity index (χ0n) is 9.85. The van der Waals surface area contributed by atoms with E-state index < -0.39 is 0 Å². The van der Waals surface area contributed by atoms with Gasteiger partial charge in [-0.2, -0.15) is 5.10 Å². The normalized spacial score (nSPS) is 10.3. The van der Waals surface area contributed by atoms with Crippen molar-refractivity contribution in [1.82, 2.24) is 9.78 Å². The minimum absolute atomic E-state index is 0.112. The van der Waals surface area contributed by atoms with E-state index in [9.17, 15) is 4.79 Å². The molecule has 0 fully saturated rings. The SMILES string of the molecule is Cc1ccc(N)cc1NC(=O)Cn1cc(Cl)cn1. The lowest BCUT2D eigenvalue weighted by Crippen LogP contribution is -2.19. The van der Waals surface area contributed by atoms with Crippen molar-refractivity contribution in [3.05, 3.63) is 41.2 Å². The second-order valence-electron chi connectivity index (χ2n) is 3.98. The maximum Gasteiger partial charge on any atom is 0.246 e. The van der Waals surface area contributed by atoms with Crippen molar-refractivity contribution in [2.75, 3.05) is 11.1 Å². The first kappa shape index (κ1) is 12.4. The Bertz CT molecular complexity index is 579. The molecule has 5 nitrogen and oxygen atoms in total. The summed E-state index contributed by atoms with van der Waals surface area (Å²) in [5.74, 6) is -0.177. The first-order chi connectivity index (χ1) is 8.54. The highest BCUT2D eigenvalue weighted by molar-refractivity contribution is 6.30. The molecule has 0 radical (unpaired) electrons. The standard InChI is InChI=1S/C12H13ClN4O/c1-8-2-3-10(14)4-11(8)16-12(18)7-17-6-9(13)5-15-17/h2-6H,7,14H2,1H3,(H,16,18). The Balaban J connectivity index is 2.05. The summed E-state index contributed by atoms with van der Waals surface area (Å²) in [6.07, 6.45) is 3.08. The molecule has 2 aromatic rings. The number of aromatic nitrogens is 2. The van der Waals surface area contributed by atoms with Crippen molar-refractivity contribution in [3.63, 3.8) is 0 Å². The molecule has 94 valence electrons. The molecule has 2 rings (SSSR count). The van der Waals surface area contributed by atoms with Crippen LogP contribution in [0.25, 0.3) is 0 Å². The Kier molecular flexibility index (Phi) is 3.53. The highest BCUT2D eigenvalue weighted by atomic mass is 35.5. The number of carbonyl (C=O) groups excluding carboxylic acids is 1. The lowest BCUT2D eigenvalue weighted by molar-refractivity contribution is -0.116. The summed E-state index contributed by atoms with van der Waals surface area (Å²) in [6, 6.07) is 5.37. The quantitative estimate of drug-likeness (QED) is 0.834. The van der Waals surface area contributed by atoms with E-state index in [0.717, 1.165) is 5.56 Å². The topological polar surface area (TPSA) is 72.9 Å². The van der Waals surface area contributed by atoms with Crippen LogP contribution in [0.3, 0.4) is 0 Å². The van der Waals surface area contributed by atoms with Crippen LogP contribution in [-0.2, 0) is 11.3 Å². The monoisotopic (exact) mass is 264 g/mol. The van der Waals surface area contributed by atoms with Gasteiger partial charge in [0, 0.05) is 17.6 Å². The number of carbonyl (C=O) groups is 1. The van der Waals surface area contributed by atoms with Gasteiger partial charge in [0.2, 0.25) is 5.91 Å². The highest BCUT2D eigenvalue weighted by Gasteiger charge is 2.07. The molecule has 0 spiro atoms. The minimum Gasteiger partial charge on any atom is -0.399 e. The second-order valence-corrected chi connectivity index (χ2v) is 4.42. The van der Waals surface area contributed by atoms with E-state index in [2.05, 4.69) is 10.4 Å². The number of nitrogens with zero attached hydrogens (tertiary/aromatic N) is 2. The molecule has 0 saturated heterocycles. The Hall–Kier alpha value is -2.01. The average Bonchev–Trinajstić information content (AvgIpc) is 2.69. The summed E-state index contributed by atoms with van der Waals surface area (Å²) in [5, 5.41) is 7.23. The second kappa shape index (κ2) is 5.10. The number of rotatable bonds is 3. The molecule has 18 heavy (non-hydrogen) atoms. The van der Waals surface area contributed by atoms with Gasteiger partial charge in [-0.3, -0.25) is 9.48 Å². The Labute approximate surface area is 110 Å². The van der Waals surface area contributed by atoms with Gasteiger partial charge in [-0.1, -0.05) is 17.7 Å². The van der Waals surface area contributed by atoms with Crippen molar-refractivity contribution in [2.24, 2.45) is 0 Å². The number of nitrogen functional groups attached to an aromatic ring is 1. The Morgan fingerprint density at radius 2 is 2.33 bits per heavy atom. The summed E-state index contributed by atoms with van der Waals surface area (Å²) < 4.78 is 1.47. The van der Waals surface area contributed by atoms with Crippen LogP contribution < -0.4 is 11.1 Å². The average molecular weight is 265 g/mol. The molecule has 1 aromatic heterocycles. The molecule has 6 heteroatoms. The molecular weight excluding hydrogens is 252 g/mol. The van der Waals surface area contributed by atoms with Crippen LogP contribution in [0.15, 0.2) is 30.6 Å². The smallest absolute Gasteiger partial charge is 0.246 e. The summed E-state index contributed by atoms with van der Waals surface area (Å²) in [7, 11) is 0. The maximum absolute atomic E-state index is 11.8. The zero-order valence-corrected chi connectivity index (χ0v) is 10.6. The molecule has 0 aliphatic heterocycles. The van der Waals surface area contributed by atoms with Crippen LogP contribution in [0, 0.1) is 6.92 Å². The lowest BCUT2D eigenvalue weighted by atomic mass is 10.2. The van der Waals surface area contributed by atoms with Crippen molar-refractivity contribution in [3.8, 4) is 0 Å². The van der Waals surface area contributed by atoms with E-state index in [1.54, 1.807) is 18.3 Å². The summed E-state index contributed by atoms with van der Waals surface area (Å²) in [6.45, 7) is 2.01. The van der Waals surface area contributed by atoms with Gasteiger partial charge in [0.25, 0.3) is 0 Å². The Morgan fingerprint density at radius 1 is 1.56 bits per heavy atom. The van der Waals surface area contributed by atoms with Crippen LogP contribution in [0.2, 0.25) is 5.02 Å². The van der Waals surface area contributed by atoms with Crippen molar-refractivity contribution in [2.45, 2.75) is 13.5 Å². The predicted octanol–water partition coefficient (Wildman–Crippen LogP) is 2.07. The number of halogens is 1. The van der Waals surface area contributed by atoms with Gasteiger partial charge < -0.3 is 11.1 Å². The lowest BCUT2D eigenvalue weighted by Gasteiger charge is -2.09. The number of anilines is 2. The van der Waals surface area contributed by atoms with E-state index >= 15 is 0 Å². The summed E-state index contributed by atoms with van der Waals surface area (Å²) in [5.41, 5.74) is 7.94. The van der Waals surface area contributed by atoms with Crippen LogP contribution in [0.1, 0.15) is 5.56 Å². The Morgan fingerprint density at radius 3 is 3.00 bits per heavy atom. The van der Waals surface area contributed by atoms with E-state index in [-0.39, 0.29) is 12.5 Å². The fraction of sp³-hybridized carbons (Fsp3) is 0.167. The van der Waals surface area contributed by atoms with Crippen LogP contribution in [0.5, 0.6) is 0 Å². The number of aryl methyl sites for hydroxylation is 1. The number of amides is 1. The molecule has 0 bridgehead atoms. The maximum atomic E-state index is 11.8. The van der Waals surface area contributed by atoms with Crippen LogP contribution in [0.4, 0.5) is 11.4 Å². The molecule has 0 aliphatic rings. The third-order valence-electron chi connectivity index (χ3n) is 2.44. The van der Waals surface area contributed by atoms with Crippen LogP contribution >= 0.6 is 11.6 Å². The number of nitrogens with two attached hydrogens (primary N) is 1. The third-order valence-corrected chi connectivity index (χ3v) is 2.64. The van der Waals surface area contributed by atoms with Gasteiger partial charge in [-0.15, -0.1) is 0 Å².